The number of carbonyl (C=O) groups is 2. The lowest BCUT2D eigenvalue weighted by atomic mass is 9.95. The van der Waals surface area contributed by atoms with Crippen LogP contribution in [-0.4, -0.2) is 63.7 Å². The molecule has 0 bridgehead atoms. The number of nitrogens with one attached hydrogen (secondary N) is 1. The molecule has 1 aliphatic rings. The van der Waals surface area contributed by atoms with E-state index in [1.807, 2.05) is 19.1 Å². The van der Waals surface area contributed by atoms with Crippen molar-refractivity contribution in [2.24, 2.45) is 0 Å². The lowest BCUT2D eigenvalue weighted by Gasteiger charge is -2.34. The van der Waals surface area contributed by atoms with E-state index in [0.29, 0.717) is 24.5 Å². The molecule has 0 saturated heterocycles. The maximum atomic E-state index is 13.9. The van der Waals surface area contributed by atoms with Crippen molar-refractivity contribution < 1.29 is 27.5 Å². The standard InChI is InChI=1S/C29H41N3O6S/c1-5-25(29(34)30-23-12-8-7-9-13-23)31(20-22-16-18-24(37-3)19-17-22)28(33)21-32(39(4,35)36)26-14-10-11-15-27(26)38-6-2/h10-11,14-19,23,25H,5-9,12-13,20-21H2,1-4H3,(H,30,34)/t25-/m0/s1. The fourth-order valence-electron chi connectivity index (χ4n) is 4.93. The Morgan fingerprint density at radius 2 is 1.69 bits per heavy atom. The fourth-order valence-corrected chi connectivity index (χ4v) is 5.78. The molecule has 1 atom stereocenters. The third-order valence-corrected chi connectivity index (χ3v) is 8.09. The van der Waals surface area contributed by atoms with Crippen LogP contribution in [0.25, 0.3) is 0 Å². The van der Waals surface area contributed by atoms with E-state index < -0.39 is 28.5 Å². The van der Waals surface area contributed by atoms with Crippen LogP contribution >= 0.6 is 0 Å². The largest absolute Gasteiger partial charge is 0.497 e. The maximum absolute atomic E-state index is 13.9. The van der Waals surface area contributed by atoms with Gasteiger partial charge in [-0.15, -0.1) is 0 Å². The van der Waals surface area contributed by atoms with E-state index in [2.05, 4.69) is 5.32 Å². The average Bonchev–Trinajstić information content (AvgIpc) is 2.92. The fraction of sp³-hybridized carbons (Fsp3) is 0.517. The van der Waals surface area contributed by atoms with Crippen LogP contribution in [-0.2, 0) is 26.2 Å². The van der Waals surface area contributed by atoms with Gasteiger partial charge in [0.15, 0.2) is 0 Å². The molecule has 214 valence electrons. The molecule has 2 amide bonds. The zero-order valence-electron chi connectivity index (χ0n) is 23.4. The van der Waals surface area contributed by atoms with Gasteiger partial charge in [0.25, 0.3) is 0 Å². The summed E-state index contributed by atoms with van der Waals surface area (Å²) in [6.07, 6.45) is 6.59. The molecule has 1 fully saturated rings. The quantitative estimate of drug-likeness (QED) is 0.396. The Bertz CT molecular complexity index is 1200. The minimum atomic E-state index is -3.86. The van der Waals surface area contributed by atoms with Crippen LogP contribution in [0.15, 0.2) is 48.5 Å². The minimum absolute atomic E-state index is 0.0869. The molecule has 0 unspecified atom stereocenters. The minimum Gasteiger partial charge on any atom is -0.497 e. The van der Waals surface area contributed by atoms with Gasteiger partial charge in [-0.2, -0.15) is 0 Å². The number of ether oxygens (including phenoxy) is 2. The van der Waals surface area contributed by atoms with E-state index >= 15 is 0 Å². The number of nitrogens with zero attached hydrogens (tertiary/aromatic N) is 2. The van der Waals surface area contributed by atoms with Crippen LogP contribution in [0.2, 0.25) is 0 Å². The van der Waals surface area contributed by atoms with E-state index in [4.69, 9.17) is 9.47 Å². The summed E-state index contributed by atoms with van der Waals surface area (Å²) in [5, 5.41) is 3.15. The Balaban J connectivity index is 1.94. The molecule has 1 saturated carbocycles. The van der Waals surface area contributed by atoms with Crippen molar-refractivity contribution in [3.8, 4) is 11.5 Å². The number of hydrogen-bond donors (Lipinski definition) is 1. The number of para-hydroxylation sites is 2. The number of methoxy groups -OCH3 is 1. The molecule has 0 aliphatic heterocycles. The number of benzene rings is 2. The number of rotatable bonds is 13. The molecule has 0 radical (unpaired) electrons. The van der Waals surface area contributed by atoms with E-state index in [-0.39, 0.29) is 24.2 Å². The molecular weight excluding hydrogens is 518 g/mol. The molecule has 0 aromatic heterocycles. The molecular formula is C29H41N3O6S. The summed E-state index contributed by atoms with van der Waals surface area (Å²) >= 11 is 0. The highest BCUT2D eigenvalue weighted by atomic mass is 32.2. The smallest absolute Gasteiger partial charge is 0.244 e. The third-order valence-electron chi connectivity index (χ3n) is 6.96. The van der Waals surface area contributed by atoms with Crippen LogP contribution < -0.4 is 19.1 Å². The SMILES string of the molecule is CCOc1ccccc1N(CC(=O)N(Cc1ccc(OC)cc1)[C@@H](CC)C(=O)NC1CCCCC1)S(C)(=O)=O. The Kier molecular flexibility index (Phi) is 11.0. The van der Waals surface area contributed by atoms with Gasteiger partial charge in [-0.3, -0.25) is 13.9 Å². The highest BCUT2D eigenvalue weighted by molar-refractivity contribution is 7.92. The van der Waals surface area contributed by atoms with Crippen LogP contribution in [0, 0.1) is 0 Å². The zero-order chi connectivity index (χ0) is 28.4. The van der Waals surface area contributed by atoms with Crippen molar-refractivity contribution in [2.45, 2.75) is 71.0 Å². The van der Waals surface area contributed by atoms with Gasteiger partial charge >= 0.3 is 0 Å². The van der Waals surface area contributed by atoms with E-state index in [9.17, 15) is 18.0 Å². The predicted molar refractivity (Wildman–Crippen MR) is 152 cm³/mol. The number of sulfonamides is 1. The predicted octanol–water partition coefficient (Wildman–Crippen LogP) is 4.12. The van der Waals surface area contributed by atoms with Gasteiger partial charge in [0, 0.05) is 12.6 Å². The first-order valence-electron chi connectivity index (χ1n) is 13.6. The van der Waals surface area contributed by atoms with E-state index in [1.54, 1.807) is 50.4 Å². The van der Waals surface area contributed by atoms with Crippen LogP contribution in [0.5, 0.6) is 11.5 Å². The van der Waals surface area contributed by atoms with Crippen LogP contribution in [0.4, 0.5) is 5.69 Å². The number of amides is 2. The van der Waals surface area contributed by atoms with Crippen LogP contribution in [0.3, 0.4) is 0 Å². The number of carbonyl (C=O) groups excluding carboxylic acids is 2. The Hall–Kier alpha value is -3.27. The number of anilines is 1. The summed E-state index contributed by atoms with van der Waals surface area (Å²) < 4.78 is 37.8. The topological polar surface area (TPSA) is 105 Å². The van der Waals surface area contributed by atoms with Gasteiger partial charge in [0.2, 0.25) is 21.8 Å². The lowest BCUT2D eigenvalue weighted by Crippen LogP contribution is -2.54. The molecule has 3 rings (SSSR count). The van der Waals surface area contributed by atoms with Crippen LogP contribution in [0.1, 0.15) is 57.9 Å². The van der Waals surface area contributed by atoms with E-state index in [1.165, 1.54) is 4.90 Å². The Labute approximate surface area is 232 Å². The normalized spacial score (nSPS) is 14.8. The molecule has 10 heteroatoms. The second kappa shape index (κ2) is 14.2. The molecule has 2 aromatic carbocycles. The summed E-state index contributed by atoms with van der Waals surface area (Å²) in [7, 11) is -2.28. The molecule has 1 aliphatic carbocycles. The lowest BCUT2D eigenvalue weighted by molar-refractivity contribution is -0.140. The summed E-state index contributed by atoms with van der Waals surface area (Å²) in [5.41, 5.74) is 1.08. The second-order valence-electron chi connectivity index (χ2n) is 9.81. The molecule has 1 N–H and O–H groups in total. The third kappa shape index (κ3) is 8.36. The molecule has 0 heterocycles. The second-order valence-corrected chi connectivity index (χ2v) is 11.7. The van der Waals surface area contributed by atoms with Crippen molar-refractivity contribution in [1.82, 2.24) is 10.2 Å². The monoisotopic (exact) mass is 559 g/mol. The first-order valence-corrected chi connectivity index (χ1v) is 15.4. The summed E-state index contributed by atoms with van der Waals surface area (Å²) in [6, 6.07) is 13.3. The molecule has 9 nitrogen and oxygen atoms in total. The first-order chi connectivity index (χ1) is 18.7. The molecule has 39 heavy (non-hydrogen) atoms. The molecule has 0 spiro atoms. The summed E-state index contributed by atoms with van der Waals surface area (Å²) in [5.74, 6) is 0.344. The Morgan fingerprint density at radius 3 is 2.28 bits per heavy atom. The Morgan fingerprint density at radius 1 is 1.03 bits per heavy atom. The van der Waals surface area contributed by atoms with Gasteiger partial charge in [-0.25, -0.2) is 8.42 Å². The first kappa shape index (κ1) is 30.3. The highest BCUT2D eigenvalue weighted by Crippen LogP contribution is 2.30. The van der Waals surface area contributed by atoms with Crippen molar-refractivity contribution in [2.75, 3.05) is 30.8 Å². The van der Waals surface area contributed by atoms with E-state index in [0.717, 1.165) is 48.2 Å². The van der Waals surface area contributed by atoms with Crippen molar-refractivity contribution >= 4 is 27.5 Å². The van der Waals surface area contributed by atoms with Gasteiger partial charge in [-0.1, -0.05) is 50.5 Å². The molecule has 2 aromatic rings. The van der Waals surface area contributed by atoms with Crippen molar-refractivity contribution in [3.05, 3.63) is 54.1 Å². The zero-order valence-corrected chi connectivity index (χ0v) is 24.2. The highest BCUT2D eigenvalue weighted by Gasteiger charge is 2.33. The van der Waals surface area contributed by atoms with Gasteiger partial charge < -0.3 is 19.7 Å². The summed E-state index contributed by atoms with van der Waals surface area (Å²) in [4.78, 5) is 28.9. The van der Waals surface area contributed by atoms with Crippen molar-refractivity contribution in [1.29, 1.82) is 0 Å². The van der Waals surface area contributed by atoms with Gasteiger partial charge in [0.1, 0.15) is 24.1 Å². The number of hydrogen-bond acceptors (Lipinski definition) is 6. The summed E-state index contributed by atoms with van der Waals surface area (Å²) in [6.45, 7) is 3.68. The average molecular weight is 560 g/mol. The van der Waals surface area contributed by atoms with Crippen molar-refractivity contribution in [3.63, 3.8) is 0 Å². The van der Waals surface area contributed by atoms with Gasteiger partial charge in [0.05, 0.1) is 25.7 Å². The maximum Gasteiger partial charge on any atom is 0.244 e. The van der Waals surface area contributed by atoms with Gasteiger partial charge in [-0.05, 0) is 56.0 Å².